The maximum atomic E-state index is 5.72. The number of benzene rings is 1. The first-order valence-electron chi connectivity index (χ1n) is 6.29. The summed E-state index contributed by atoms with van der Waals surface area (Å²) in [7, 11) is 4.84. The zero-order valence-electron chi connectivity index (χ0n) is 11.7. The zero-order valence-corrected chi connectivity index (χ0v) is 11.7. The van der Waals surface area contributed by atoms with Gasteiger partial charge in [-0.2, -0.15) is 0 Å². The van der Waals surface area contributed by atoms with Crippen molar-refractivity contribution in [3.05, 3.63) is 17.7 Å². The van der Waals surface area contributed by atoms with E-state index in [0.717, 1.165) is 12.0 Å². The number of ether oxygens (including phenoxy) is 4. The zero-order chi connectivity index (χ0) is 13.9. The first-order valence-corrected chi connectivity index (χ1v) is 6.29. The Bertz CT molecular complexity index is 418. The van der Waals surface area contributed by atoms with Crippen LogP contribution in [0.1, 0.15) is 12.0 Å². The molecule has 1 aliphatic heterocycles. The fraction of sp³-hybridized carbons (Fsp3) is 0.571. The Morgan fingerprint density at radius 1 is 1.11 bits per heavy atom. The van der Waals surface area contributed by atoms with Crippen LogP contribution in [0.15, 0.2) is 12.1 Å². The molecule has 1 fully saturated rings. The molecule has 1 aliphatic rings. The van der Waals surface area contributed by atoms with Crippen molar-refractivity contribution in [2.45, 2.75) is 11.8 Å². The molecule has 0 unspecified atom stereocenters. The minimum atomic E-state index is -0.0262. The lowest BCUT2D eigenvalue weighted by atomic mass is 9.75. The average Bonchev–Trinajstić information content (AvgIpc) is 2.41. The van der Waals surface area contributed by atoms with Crippen molar-refractivity contribution in [1.82, 2.24) is 0 Å². The summed E-state index contributed by atoms with van der Waals surface area (Å²) in [4.78, 5) is 0. The van der Waals surface area contributed by atoms with E-state index in [0.29, 0.717) is 37.0 Å². The molecule has 0 spiro atoms. The Morgan fingerprint density at radius 3 is 2.00 bits per heavy atom. The van der Waals surface area contributed by atoms with Gasteiger partial charge < -0.3 is 24.7 Å². The van der Waals surface area contributed by atoms with Crippen molar-refractivity contribution in [3.8, 4) is 17.2 Å². The van der Waals surface area contributed by atoms with Gasteiger partial charge in [0.25, 0.3) is 0 Å². The van der Waals surface area contributed by atoms with Gasteiger partial charge in [0.05, 0.1) is 34.5 Å². The van der Waals surface area contributed by atoms with Crippen molar-refractivity contribution >= 4 is 0 Å². The molecule has 0 bridgehead atoms. The molecule has 106 valence electrons. The highest BCUT2D eigenvalue weighted by molar-refractivity contribution is 5.55. The van der Waals surface area contributed by atoms with E-state index in [1.807, 2.05) is 12.1 Å². The standard InChI is InChI=1S/C14H21NO4/c1-16-11-6-10(7-12(17-2)13(11)18-3)14(4-5-15)8-19-9-14/h6-7H,4-5,8-9,15H2,1-3H3. The molecule has 0 atom stereocenters. The van der Waals surface area contributed by atoms with E-state index in [2.05, 4.69) is 0 Å². The van der Waals surface area contributed by atoms with Gasteiger partial charge >= 0.3 is 0 Å². The largest absolute Gasteiger partial charge is 0.493 e. The Morgan fingerprint density at radius 2 is 1.68 bits per heavy atom. The third-order valence-corrected chi connectivity index (χ3v) is 3.66. The van der Waals surface area contributed by atoms with E-state index >= 15 is 0 Å². The predicted molar refractivity (Wildman–Crippen MR) is 72.3 cm³/mol. The van der Waals surface area contributed by atoms with Crippen LogP contribution in [0.2, 0.25) is 0 Å². The van der Waals surface area contributed by atoms with Crippen LogP contribution in [-0.4, -0.2) is 41.1 Å². The predicted octanol–water partition coefficient (Wildman–Crippen LogP) is 1.33. The molecule has 1 heterocycles. The van der Waals surface area contributed by atoms with Crippen LogP contribution in [-0.2, 0) is 10.2 Å². The normalized spacial score (nSPS) is 16.6. The fourth-order valence-electron chi connectivity index (χ4n) is 2.47. The molecule has 0 saturated carbocycles. The van der Waals surface area contributed by atoms with Gasteiger partial charge in [0.15, 0.2) is 11.5 Å². The lowest BCUT2D eigenvalue weighted by Crippen LogP contribution is -2.48. The Labute approximate surface area is 113 Å². The summed E-state index contributed by atoms with van der Waals surface area (Å²) in [6, 6.07) is 3.97. The van der Waals surface area contributed by atoms with Gasteiger partial charge in [0.2, 0.25) is 5.75 Å². The lowest BCUT2D eigenvalue weighted by molar-refractivity contribution is -0.0632. The number of hydrogen-bond donors (Lipinski definition) is 1. The van der Waals surface area contributed by atoms with Crippen LogP contribution in [0, 0.1) is 0 Å². The summed E-state index contributed by atoms with van der Waals surface area (Å²) in [5, 5.41) is 0. The monoisotopic (exact) mass is 267 g/mol. The molecular formula is C14H21NO4. The van der Waals surface area contributed by atoms with Gasteiger partial charge in [0.1, 0.15) is 0 Å². The van der Waals surface area contributed by atoms with Gasteiger partial charge in [-0.3, -0.25) is 0 Å². The summed E-state index contributed by atoms with van der Waals surface area (Å²) in [6.45, 7) is 1.99. The van der Waals surface area contributed by atoms with Crippen molar-refractivity contribution in [2.24, 2.45) is 5.73 Å². The maximum absolute atomic E-state index is 5.72. The van der Waals surface area contributed by atoms with E-state index < -0.39 is 0 Å². The van der Waals surface area contributed by atoms with Gasteiger partial charge in [-0.1, -0.05) is 0 Å². The first kappa shape index (κ1) is 14.0. The molecule has 2 rings (SSSR count). The van der Waals surface area contributed by atoms with Gasteiger partial charge in [-0.15, -0.1) is 0 Å². The van der Waals surface area contributed by atoms with E-state index in [-0.39, 0.29) is 5.41 Å². The van der Waals surface area contributed by atoms with E-state index in [1.54, 1.807) is 21.3 Å². The topological polar surface area (TPSA) is 62.9 Å². The number of methoxy groups -OCH3 is 3. The number of hydrogen-bond acceptors (Lipinski definition) is 5. The van der Waals surface area contributed by atoms with E-state index in [1.165, 1.54) is 0 Å². The first-order chi connectivity index (χ1) is 9.20. The second kappa shape index (κ2) is 5.67. The number of rotatable bonds is 6. The highest BCUT2D eigenvalue weighted by Gasteiger charge is 2.40. The molecule has 19 heavy (non-hydrogen) atoms. The SMILES string of the molecule is COc1cc(C2(CCN)COC2)cc(OC)c1OC. The minimum absolute atomic E-state index is 0.0262. The molecule has 2 N–H and O–H groups in total. The second-order valence-electron chi connectivity index (χ2n) is 4.73. The smallest absolute Gasteiger partial charge is 0.203 e. The Balaban J connectivity index is 2.46. The molecule has 0 aromatic heterocycles. The van der Waals surface area contributed by atoms with Crippen LogP contribution < -0.4 is 19.9 Å². The van der Waals surface area contributed by atoms with Crippen LogP contribution in [0.3, 0.4) is 0 Å². The third-order valence-electron chi connectivity index (χ3n) is 3.66. The van der Waals surface area contributed by atoms with Gasteiger partial charge in [-0.05, 0) is 30.7 Å². The molecule has 1 aromatic rings. The summed E-state index contributed by atoms with van der Waals surface area (Å²) in [5.74, 6) is 1.94. The van der Waals surface area contributed by atoms with E-state index in [9.17, 15) is 0 Å². The van der Waals surface area contributed by atoms with Crippen molar-refractivity contribution in [1.29, 1.82) is 0 Å². The van der Waals surface area contributed by atoms with Crippen LogP contribution in [0.4, 0.5) is 0 Å². The summed E-state index contributed by atoms with van der Waals surface area (Å²) in [5.41, 5.74) is 6.81. The summed E-state index contributed by atoms with van der Waals surface area (Å²) in [6.07, 6.45) is 0.881. The van der Waals surface area contributed by atoms with Crippen molar-refractivity contribution in [2.75, 3.05) is 41.1 Å². The van der Waals surface area contributed by atoms with Gasteiger partial charge in [-0.25, -0.2) is 0 Å². The highest BCUT2D eigenvalue weighted by Crippen LogP contribution is 2.44. The highest BCUT2D eigenvalue weighted by atomic mass is 16.5. The summed E-state index contributed by atoms with van der Waals surface area (Å²) < 4.78 is 21.5. The van der Waals surface area contributed by atoms with E-state index in [4.69, 9.17) is 24.7 Å². The molecule has 1 aromatic carbocycles. The summed E-state index contributed by atoms with van der Waals surface area (Å²) >= 11 is 0. The Kier molecular flexibility index (Phi) is 4.17. The molecule has 5 heteroatoms. The lowest BCUT2D eigenvalue weighted by Gasteiger charge is -2.42. The third kappa shape index (κ3) is 2.35. The average molecular weight is 267 g/mol. The molecule has 0 aliphatic carbocycles. The van der Waals surface area contributed by atoms with Gasteiger partial charge in [0, 0.05) is 5.41 Å². The molecule has 5 nitrogen and oxygen atoms in total. The Hall–Kier alpha value is -1.46. The number of nitrogens with two attached hydrogens (primary N) is 1. The molecule has 0 radical (unpaired) electrons. The van der Waals surface area contributed by atoms with Crippen LogP contribution in [0.5, 0.6) is 17.2 Å². The molecule has 1 saturated heterocycles. The van der Waals surface area contributed by atoms with Crippen molar-refractivity contribution < 1.29 is 18.9 Å². The van der Waals surface area contributed by atoms with Crippen LogP contribution in [0.25, 0.3) is 0 Å². The minimum Gasteiger partial charge on any atom is -0.493 e. The quantitative estimate of drug-likeness (QED) is 0.842. The fourth-order valence-corrected chi connectivity index (χ4v) is 2.47. The molecule has 0 amide bonds. The molecular weight excluding hydrogens is 246 g/mol. The maximum Gasteiger partial charge on any atom is 0.203 e. The second-order valence-corrected chi connectivity index (χ2v) is 4.73. The van der Waals surface area contributed by atoms with Crippen LogP contribution >= 0.6 is 0 Å². The van der Waals surface area contributed by atoms with Crippen molar-refractivity contribution in [3.63, 3.8) is 0 Å².